The summed E-state index contributed by atoms with van der Waals surface area (Å²) >= 11 is 3.64. The van der Waals surface area contributed by atoms with Gasteiger partial charge in [0, 0.05) is 11.1 Å². The van der Waals surface area contributed by atoms with Gasteiger partial charge in [0.2, 0.25) is 0 Å². The van der Waals surface area contributed by atoms with Crippen molar-refractivity contribution >= 4 is 15.9 Å². The SMILES string of the molecule is Brc1ccccc1[C@@H](OC1CCCCO1)c1ccccc1. The topological polar surface area (TPSA) is 18.5 Å². The Balaban J connectivity index is 1.89. The molecule has 0 amide bonds. The molecule has 3 heteroatoms. The second kappa shape index (κ2) is 7.21. The molecule has 0 N–H and O–H groups in total. The maximum atomic E-state index is 6.29. The maximum Gasteiger partial charge on any atom is 0.158 e. The second-order valence-corrected chi connectivity index (χ2v) is 6.10. The molecule has 1 heterocycles. The molecule has 1 saturated heterocycles. The summed E-state index contributed by atoms with van der Waals surface area (Å²) in [5, 5.41) is 0. The van der Waals surface area contributed by atoms with Crippen molar-refractivity contribution in [1.82, 2.24) is 0 Å². The molecular weight excluding hydrogens is 328 g/mol. The fourth-order valence-corrected chi connectivity index (χ4v) is 3.11. The zero-order valence-corrected chi connectivity index (χ0v) is 13.5. The number of ether oxygens (including phenoxy) is 2. The van der Waals surface area contributed by atoms with Gasteiger partial charge >= 0.3 is 0 Å². The molecule has 2 aromatic carbocycles. The molecular formula is C18H19BrO2. The lowest BCUT2D eigenvalue weighted by Crippen LogP contribution is -2.25. The van der Waals surface area contributed by atoms with Crippen LogP contribution in [0.15, 0.2) is 59.1 Å². The molecule has 2 atom stereocenters. The van der Waals surface area contributed by atoms with E-state index in [2.05, 4.69) is 40.2 Å². The highest BCUT2D eigenvalue weighted by atomic mass is 79.9. The lowest BCUT2D eigenvalue weighted by Gasteiger charge is -2.28. The zero-order chi connectivity index (χ0) is 14.5. The molecule has 0 radical (unpaired) electrons. The van der Waals surface area contributed by atoms with Gasteiger partial charge in [-0.25, -0.2) is 0 Å². The van der Waals surface area contributed by atoms with Gasteiger partial charge in [-0.3, -0.25) is 0 Å². The van der Waals surface area contributed by atoms with Gasteiger partial charge in [-0.1, -0.05) is 64.5 Å². The summed E-state index contributed by atoms with van der Waals surface area (Å²) in [4.78, 5) is 0. The summed E-state index contributed by atoms with van der Waals surface area (Å²) in [6.07, 6.45) is 3.04. The summed E-state index contributed by atoms with van der Waals surface area (Å²) in [5.74, 6) is 0. The third-order valence-electron chi connectivity index (χ3n) is 3.72. The van der Waals surface area contributed by atoms with Crippen molar-refractivity contribution in [3.8, 4) is 0 Å². The Morgan fingerprint density at radius 1 is 1.00 bits per heavy atom. The first-order valence-electron chi connectivity index (χ1n) is 7.41. The van der Waals surface area contributed by atoms with Crippen molar-refractivity contribution in [2.75, 3.05) is 6.61 Å². The third-order valence-corrected chi connectivity index (χ3v) is 4.44. The average molecular weight is 347 g/mol. The summed E-state index contributed by atoms with van der Waals surface area (Å²) in [7, 11) is 0. The van der Waals surface area contributed by atoms with Crippen LogP contribution >= 0.6 is 15.9 Å². The molecule has 0 spiro atoms. The van der Waals surface area contributed by atoms with E-state index in [1.54, 1.807) is 0 Å². The van der Waals surface area contributed by atoms with Crippen molar-refractivity contribution in [1.29, 1.82) is 0 Å². The molecule has 3 rings (SSSR count). The van der Waals surface area contributed by atoms with E-state index in [0.717, 1.165) is 35.0 Å². The summed E-state index contributed by atoms with van der Waals surface area (Å²) in [6.45, 7) is 0.794. The minimum Gasteiger partial charge on any atom is -0.353 e. The van der Waals surface area contributed by atoms with Gasteiger partial charge in [0.05, 0.1) is 0 Å². The van der Waals surface area contributed by atoms with Crippen LogP contribution in [0.5, 0.6) is 0 Å². The summed E-state index contributed by atoms with van der Waals surface area (Å²) in [5.41, 5.74) is 2.29. The molecule has 1 aliphatic rings. The highest BCUT2D eigenvalue weighted by molar-refractivity contribution is 9.10. The monoisotopic (exact) mass is 346 g/mol. The summed E-state index contributed by atoms with van der Waals surface area (Å²) < 4.78 is 13.1. The van der Waals surface area contributed by atoms with Gasteiger partial charge < -0.3 is 9.47 Å². The van der Waals surface area contributed by atoms with Crippen LogP contribution in [0.25, 0.3) is 0 Å². The predicted octanol–water partition coefficient (Wildman–Crippen LogP) is 5.08. The molecule has 1 fully saturated rings. The minimum atomic E-state index is -0.115. The van der Waals surface area contributed by atoms with E-state index in [-0.39, 0.29) is 12.4 Å². The van der Waals surface area contributed by atoms with Gasteiger partial charge in [0.15, 0.2) is 6.29 Å². The Bertz CT molecular complexity index is 564. The maximum absolute atomic E-state index is 6.29. The molecule has 2 aromatic rings. The minimum absolute atomic E-state index is 0.107. The highest BCUT2D eigenvalue weighted by Crippen LogP contribution is 2.33. The van der Waals surface area contributed by atoms with Crippen LogP contribution in [-0.2, 0) is 9.47 Å². The first-order chi connectivity index (χ1) is 10.3. The smallest absolute Gasteiger partial charge is 0.158 e. The van der Waals surface area contributed by atoms with Crippen LogP contribution in [0, 0.1) is 0 Å². The van der Waals surface area contributed by atoms with Crippen LogP contribution < -0.4 is 0 Å². The van der Waals surface area contributed by atoms with E-state index in [0.29, 0.717) is 0 Å². The first-order valence-corrected chi connectivity index (χ1v) is 8.20. The molecule has 1 aliphatic heterocycles. The Labute approximate surface area is 134 Å². The molecule has 110 valence electrons. The van der Waals surface area contributed by atoms with Gasteiger partial charge in [-0.15, -0.1) is 0 Å². The lowest BCUT2D eigenvalue weighted by molar-refractivity contribution is -0.181. The predicted molar refractivity (Wildman–Crippen MR) is 87.1 cm³/mol. The van der Waals surface area contributed by atoms with Gasteiger partial charge in [0.25, 0.3) is 0 Å². The average Bonchev–Trinajstić information content (AvgIpc) is 2.55. The largest absolute Gasteiger partial charge is 0.353 e. The van der Waals surface area contributed by atoms with Crippen LogP contribution in [0.2, 0.25) is 0 Å². The number of benzene rings is 2. The molecule has 0 saturated carbocycles. The van der Waals surface area contributed by atoms with Gasteiger partial charge in [-0.05, 0) is 36.5 Å². The Morgan fingerprint density at radius 2 is 1.76 bits per heavy atom. The van der Waals surface area contributed by atoms with Crippen molar-refractivity contribution in [3.05, 3.63) is 70.2 Å². The Morgan fingerprint density at radius 3 is 2.48 bits per heavy atom. The van der Waals surface area contributed by atoms with Gasteiger partial charge in [-0.2, -0.15) is 0 Å². The third kappa shape index (κ3) is 3.73. The normalized spacial score (nSPS) is 20.1. The molecule has 0 bridgehead atoms. The summed E-state index contributed by atoms with van der Waals surface area (Å²) in [6, 6.07) is 18.5. The van der Waals surface area contributed by atoms with Crippen molar-refractivity contribution in [3.63, 3.8) is 0 Å². The number of rotatable bonds is 4. The number of halogens is 1. The molecule has 21 heavy (non-hydrogen) atoms. The second-order valence-electron chi connectivity index (χ2n) is 5.24. The van der Waals surface area contributed by atoms with E-state index in [9.17, 15) is 0 Å². The van der Waals surface area contributed by atoms with E-state index < -0.39 is 0 Å². The van der Waals surface area contributed by atoms with Crippen LogP contribution in [0.3, 0.4) is 0 Å². The highest BCUT2D eigenvalue weighted by Gasteiger charge is 2.23. The molecule has 0 aliphatic carbocycles. The molecule has 1 unspecified atom stereocenters. The molecule has 0 aromatic heterocycles. The van der Waals surface area contributed by atoms with Crippen LogP contribution in [-0.4, -0.2) is 12.9 Å². The molecule has 2 nitrogen and oxygen atoms in total. The Hall–Kier alpha value is -1.16. The van der Waals surface area contributed by atoms with Gasteiger partial charge in [0.1, 0.15) is 6.10 Å². The van der Waals surface area contributed by atoms with Crippen molar-refractivity contribution < 1.29 is 9.47 Å². The quantitative estimate of drug-likeness (QED) is 0.768. The van der Waals surface area contributed by atoms with Crippen LogP contribution in [0.1, 0.15) is 36.5 Å². The number of hydrogen-bond acceptors (Lipinski definition) is 2. The lowest BCUT2D eigenvalue weighted by atomic mass is 10.0. The van der Waals surface area contributed by atoms with Crippen molar-refractivity contribution in [2.45, 2.75) is 31.7 Å². The van der Waals surface area contributed by atoms with Crippen LogP contribution in [0.4, 0.5) is 0 Å². The van der Waals surface area contributed by atoms with Crippen molar-refractivity contribution in [2.24, 2.45) is 0 Å². The fourth-order valence-electron chi connectivity index (χ4n) is 2.62. The number of hydrogen-bond donors (Lipinski definition) is 0. The first kappa shape index (κ1) is 14.8. The van der Waals surface area contributed by atoms with E-state index in [1.165, 1.54) is 6.42 Å². The standard InChI is InChI=1S/C18H19BrO2/c19-16-11-5-4-10-15(16)18(14-8-2-1-3-9-14)21-17-12-6-7-13-20-17/h1-5,8-11,17-18H,6-7,12-13H2/t17?,18-/m0/s1. The van der Waals surface area contributed by atoms with E-state index in [1.807, 2.05) is 30.3 Å². The van der Waals surface area contributed by atoms with E-state index in [4.69, 9.17) is 9.47 Å². The zero-order valence-electron chi connectivity index (χ0n) is 11.9. The van der Waals surface area contributed by atoms with E-state index >= 15 is 0 Å². The Kier molecular flexibility index (Phi) is 5.07. The fraction of sp³-hybridized carbons (Fsp3) is 0.333.